The molecule has 0 unspecified atom stereocenters. The second kappa shape index (κ2) is 8.32. The molecule has 1 saturated heterocycles. The largest absolute Gasteiger partial charge is 0.466 e. The Morgan fingerprint density at radius 3 is 2.71 bits per heavy atom. The molecule has 2 rings (SSSR count). The van der Waals surface area contributed by atoms with Gasteiger partial charge in [0.05, 0.1) is 25.4 Å². The highest BCUT2D eigenvalue weighted by atomic mass is 19.4. The van der Waals surface area contributed by atoms with Gasteiger partial charge in [-0.25, -0.2) is 4.98 Å². The highest BCUT2D eigenvalue weighted by molar-refractivity contribution is 5.69. The van der Waals surface area contributed by atoms with Crippen LogP contribution >= 0.6 is 0 Å². The molecule has 8 heteroatoms. The lowest BCUT2D eigenvalue weighted by Crippen LogP contribution is -2.37. The van der Waals surface area contributed by atoms with Crippen LogP contribution in [-0.4, -0.2) is 43.9 Å². The van der Waals surface area contributed by atoms with E-state index in [0.717, 1.165) is 12.3 Å². The van der Waals surface area contributed by atoms with Crippen molar-refractivity contribution in [2.24, 2.45) is 0 Å². The SMILES string of the molecule is CCOC(=O)CCCc1cc(C(F)(F)F)cnc1N1CCOCC1. The molecule has 1 aromatic rings. The Kier molecular flexibility index (Phi) is 6.42. The van der Waals surface area contributed by atoms with Crippen LogP contribution < -0.4 is 4.90 Å². The minimum atomic E-state index is -4.44. The molecule has 0 atom stereocenters. The highest BCUT2D eigenvalue weighted by Crippen LogP contribution is 2.32. The van der Waals surface area contributed by atoms with Gasteiger partial charge in [0, 0.05) is 25.7 Å². The van der Waals surface area contributed by atoms with Gasteiger partial charge in [-0.3, -0.25) is 4.79 Å². The van der Waals surface area contributed by atoms with Crippen molar-refractivity contribution in [1.82, 2.24) is 4.98 Å². The fraction of sp³-hybridized carbons (Fsp3) is 0.625. The predicted octanol–water partition coefficient (Wildman–Crippen LogP) is 2.82. The van der Waals surface area contributed by atoms with Gasteiger partial charge >= 0.3 is 12.1 Å². The summed E-state index contributed by atoms with van der Waals surface area (Å²) in [4.78, 5) is 17.4. The molecule has 2 heterocycles. The number of anilines is 1. The van der Waals surface area contributed by atoms with E-state index in [1.807, 2.05) is 4.90 Å². The molecule has 1 aliphatic heterocycles. The molecule has 0 aromatic carbocycles. The van der Waals surface area contributed by atoms with Crippen molar-refractivity contribution in [2.45, 2.75) is 32.4 Å². The maximum absolute atomic E-state index is 12.9. The first kappa shape index (κ1) is 18.5. The van der Waals surface area contributed by atoms with E-state index in [-0.39, 0.29) is 12.4 Å². The lowest BCUT2D eigenvalue weighted by Gasteiger charge is -2.29. The summed E-state index contributed by atoms with van der Waals surface area (Å²) in [6.07, 6.45) is -2.65. The molecule has 1 aliphatic rings. The smallest absolute Gasteiger partial charge is 0.417 e. The molecule has 0 spiro atoms. The molecule has 0 amide bonds. The van der Waals surface area contributed by atoms with Gasteiger partial charge in [0.15, 0.2) is 0 Å². The number of morpholine rings is 1. The first-order valence-corrected chi connectivity index (χ1v) is 7.96. The molecule has 0 radical (unpaired) electrons. The summed E-state index contributed by atoms with van der Waals surface area (Å²) in [5.41, 5.74) is -0.276. The fourth-order valence-corrected chi connectivity index (χ4v) is 2.56. The van der Waals surface area contributed by atoms with Crippen molar-refractivity contribution in [3.05, 3.63) is 23.4 Å². The summed E-state index contributed by atoms with van der Waals surface area (Å²) in [7, 11) is 0. The summed E-state index contributed by atoms with van der Waals surface area (Å²) in [5.74, 6) is 0.195. The highest BCUT2D eigenvalue weighted by Gasteiger charge is 2.32. The van der Waals surface area contributed by atoms with Crippen LogP contribution in [0.15, 0.2) is 12.3 Å². The lowest BCUT2D eigenvalue weighted by molar-refractivity contribution is -0.143. The second-order valence-corrected chi connectivity index (χ2v) is 5.46. The Morgan fingerprint density at radius 1 is 1.38 bits per heavy atom. The number of carbonyl (C=O) groups is 1. The molecule has 5 nitrogen and oxygen atoms in total. The zero-order valence-corrected chi connectivity index (χ0v) is 13.6. The van der Waals surface area contributed by atoms with E-state index >= 15 is 0 Å². The molecule has 0 aliphatic carbocycles. The summed E-state index contributed by atoms with van der Waals surface area (Å²) in [6, 6.07) is 1.13. The van der Waals surface area contributed by atoms with Crippen LogP contribution in [0.25, 0.3) is 0 Å². The molecule has 0 saturated carbocycles. The van der Waals surface area contributed by atoms with Crippen LogP contribution in [-0.2, 0) is 26.9 Å². The fourth-order valence-electron chi connectivity index (χ4n) is 2.56. The maximum Gasteiger partial charge on any atom is 0.417 e. The Morgan fingerprint density at radius 2 is 2.08 bits per heavy atom. The average Bonchev–Trinajstić information content (AvgIpc) is 2.55. The van der Waals surface area contributed by atoms with E-state index in [1.165, 1.54) is 0 Å². The minimum absolute atomic E-state index is 0.173. The number of ether oxygens (including phenoxy) is 2. The number of rotatable bonds is 6. The number of esters is 1. The van der Waals surface area contributed by atoms with E-state index in [9.17, 15) is 18.0 Å². The first-order chi connectivity index (χ1) is 11.4. The summed E-state index contributed by atoms with van der Waals surface area (Å²) >= 11 is 0. The third-order valence-electron chi connectivity index (χ3n) is 3.71. The molecule has 1 aromatic heterocycles. The van der Waals surface area contributed by atoms with Crippen LogP contribution in [0, 0.1) is 0 Å². The van der Waals surface area contributed by atoms with Gasteiger partial charge < -0.3 is 14.4 Å². The molecular formula is C16H21F3N2O3. The Hall–Kier alpha value is -1.83. The number of hydrogen-bond acceptors (Lipinski definition) is 5. The zero-order valence-electron chi connectivity index (χ0n) is 13.6. The average molecular weight is 346 g/mol. The number of hydrogen-bond donors (Lipinski definition) is 0. The topological polar surface area (TPSA) is 51.7 Å². The normalized spacial score (nSPS) is 15.4. The van der Waals surface area contributed by atoms with Crippen molar-refractivity contribution in [1.29, 1.82) is 0 Å². The monoisotopic (exact) mass is 346 g/mol. The van der Waals surface area contributed by atoms with Gasteiger partial charge in [-0.1, -0.05) is 0 Å². The number of pyridine rings is 1. The predicted molar refractivity (Wildman–Crippen MR) is 81.8 cm³/mol. The van der Waals surface area contributed by atoms with Gasteiger partial charge in [-0.15, -0.1) is 0 Å². The molecule has 0 N–H and O–H groups in total. The molecule has 24 heavy (non-hydrogen) atoms. The van der Waals surface area contributed by atoms with Crippen molar-refractivity contribution in [3.63, 3.8) is 0 Å². The first-order valence-electron chi connectivity index (χ1n) is 7.96. The maximum atomic E-state index is 12.9. The van der Waals surface area contributed by atoms with Crippen LogP contribution in [0.1, 0.15) is 30.9 Å². The minimum Gasteiger partial charge on any atom is -0.466 e. The van der Waals surface area contributed by atoms with E-state index in [4.69, 9.17) is 9.47 Å². The third kappa shape index (κ3) is 5.09. The standard InChI is InChI=1S/C16H21F3N2O3/c1-2-24-14(22)5-3-4-12-10-13(16(17,18)19)11-20-15(12)21-6-8-23-9-7-21/h10-11H,2-9H2,1H3. The van der Waals surface area contributed by atoms with Gasteiger partial charge in [-0.05, 0) is 31.4 Å². The number of alkyl halides is 3. The Labute approximate surface area is 138 Å². The summed E-state index contributed by atoms with van der Waals surface area (Å²) in [5, 5.41) is 0. The van der Waals surface area contributed by atoms with Gasteiger partial charge in [0.1, 0.15) is 5.82 Å². The van der Waals surface area contributed by atoms with E-state index in [0.29, 0.717) is 57.1 Å². The Bertz CT molecular complexity index is 558. The van der Waals surface area contributed by atoms with Crippen LogP contribution in [0.4, 0.5) is 19.0 Å². The Balaban J connectivity index is 2.15. The second-order valence-electron chi connectivity index (χ2n) is 5.46. The van der Waals surface area contributed by atoms with Crippen molar-refractivity contribution in [2.75, 3.05) is 37.8 Å². The van der Waals surface area contributed by atoms with E-state index in [2.05, 4.69) is 4.98 Å². The third-order valence-corrected chi connectivity index (χ3v) is 3.71. The lowest BCUT2D eigenvalue weighted by atomic mass is 10.1. The summed E-state index contributed by atoms with van der Waals surface area (Å²) < 4.78 is 48.9. The van der Waals surface area contributed by atoms with E-state index < -0.39 is 11.7 Å². The zero-order chi connectivity index (χ0) is 17.6. The van der Waals surface area contributed by atoms with Gasteiger partial charge in [0.25, 0.3) is 0 Å². The number of halogens is 3. The van der Waals surface area contributed by atoms with Crippen molar-refractivity contribution in [3.8, 4) is 0 Å². The van der Waals surface area contributed by atoms with Gasteiger partial charge in [-0.2, -0.15) is 13.2 Å². The van der Waals surface area contributed by atoms with Crippen molar-refractivity contribution < 1.29 is 27.4 Å². The van der Waals surface area contributed by atoms with E-state index in [1.54, 1.807) is 6.92 Å². The molecule has 134 valence electrons. The van der Waals surface area contributed by atoms with Crippen LogP contribution in [0.3, 0.4) is 0 Å². The number of carbonyl (C=O) groups excluding carboxylic acids is 1. The molecular weight excluding hydrogens is 325 g/mol. The number of aromatic nitrogens is 1. The molecule has 1 fully saturated rings. The molecule has 0 bridgehead atoms. The van der Waals surface area contributed by atoms with Crippen molar-refractivity contribution >= 4 is 11.8 Å². The van der Waals surface area contributed by atoms with Gasteiger partial charge in [0.2, 0.25) is 0 Å². The van der Waals surface area contributed by atoms with Crippen LogP contribution in [0.2, 0.25) is 0 Å². The summed E-state index contributed by atoms with van der Waals surface area (Å²) in [6.45, 7) is 4.22. The number of nitrogens with zero attached hydrogens (tertiary/aromatic N) is 2. The number of aryl methyl sites for hydroxylation is 1. The quantitative estimate of drug-likeness (QED) is 0.742. The van der Waals surface area contributed by atoms with Crippen LogP contribution in [0.5, 0.6) is 0 Å².